The number of hydrogen-bond donors (Lipinski definition) is 3. The smallest absolute Gasteiger partial charge is 0.123 e. The third-order valence-electron chi connectivity index (χ3n) is 3.80. The van der Waals surface area contributed by atoms with E-state index in [9.17, 15) is 5.11 Å². The van der Waals surface area contributed by atoms with Gasteiger partial charge >= 0.3 is 0 Å². The van der Waals surface area contributed by atoms with Gasteiger partial charge in [-0.15, -0.1) is 0 Å². The maximum Gasteiger partial charge on any atom is 0.123 e. The van der Waals surface area contributed by atoms with Crippen LogP contribution in [0.25, 0.3) is 21.9 Å². The van der Waals surface area contributed by atoms with Gasteiger partial charge in [0.1, 0.15) is 5.75 Å². The second-order valence-electron chi connectivity index (χ2n) is 5.28. The van der Waals surface area contributed by atoms with E-state index in [0.29, 0.717) is 5.69 Å². The fourth-order valence-electron chi connectivity index (χ4n) is 2.72. The summed E-state index contributed by atoms with van der Waals surface area (Å²) in [6, 6.07) is 17.0. The van der Waals surface area contributed by atoms with Gasteiger partial charge < -0.3 is 16.6 Å². The molecule has 1 unspecified atom stereocenters. The van der Waals surface area contributed by atoms with Crippen molar-refractivity contribution in [3.05, 3.63) is 60.2 Å². The minimum Gasteiger partial charge on any atom is -0.507 e. The lowest BCUT2D eigenvalue weighted by Crippen LogP contribution is -2.09. The number of para-hydroxylation sites is 1. The number of fused-ring (bicyclic) bond motifs is 1. The van der Waals surface area contributed by atoms with Crippen LogP contribution in [0.1, 0.15) is 18.5 Å². The van der Waals surface area contributed by atoms with Crippen molar-refractivity contribution in [1.29, 1.82) is 0 Å². The lowest BCUT2D eigenvalue weighted by Gasteiger charge is -2.17. The molecule has 0 saturated carbocycles. The molecule has 3 aromatic rings. The Morgan fingerprint density at radius 1 is 0.905 bits per heavy atom. The molecule has 0 aromatic heterocycles. The molecule has 0 aliphatic carbocycles. The van der Waals surface area contributed by atoms with Crippen LogP contribution in [0.15, 0.2) is 54.6 Å². The normalized spacial score (nSPS) is 12.5. The molecule has 3 heteroatoms. The minimum absolute atomic E-state index is 0.167. The topological polar surface area (TPSA) is 72.3 Å². The first-order valence-corrected chi connectivity index (χ1v) is 6.94. The Hall–Kier alpha value is -2.52. The van der Waals surface area contributed by atoms with Crippen LogP contribution in [0.5, 0.6) is 5.75 Å². The molecule has 0 radical (unpaired) electrons. The standard InChI is InChI=1S/C18H18N2O/c1-11(19)15-10-16(13-7-4-5-9-17(13)21)12-6-2-3-8-14(12)18(15)20/h2-11,21H,19-20H2,1H3. The van der Waals surface area contributed by atoms with Crippen molar-refractivity contribution < 1.29 is 5.11 Å². The Morgan fingerprint density at radius 2 is 1.52 bits per heavy atom. The summed E-state index contributed by atoms with van der Waals surface area (Å²) in [7, 11) is 0. The van der Waals surface area contributed by atoms with Gasteiger partial charge in [-0.1, -0.05) is 42.5 Å². The molecule has 3 rings (SSSR count). The Labute approximate surface area is 123 Å². The Balaban J connectivity index is 2.42. The van der Waals surface area contributed by atoms with Gasteiger partial charge in [-0.3, -0.25) is 0 Å². The Bertz CT molecular complexity index is 809. The number of rotatable bonds is 2. The predicted octanol–water partition coefficient (Wildman–Crippen LogP) is 3.81. The predicted molar refractivity (Wildman–Crippen MR) is 88.1 cm³/mol. The van der Waals surface area contributed by atoms with Gasteiger partial charge in [0, 0.05) is 22.7 Å². The SMILES string of the molecule is CC(N)c1cc(-c2ccccc2O)c2ccccc2c1N. The molecule has 0 fully saturated rings. The molecule has 0 bridgehead atoms. The summed E-state index contributed by atoms with van der Waals surface area (Å²) in [5, 5.41) is 12.1. The molecule has 0 heterocycles. The average Bonchev–Trinajstić information content (AvgIpc) is 2.48. The van der Waals surface area contributed by atoms with E-state index < -0.39 is 0 Å². The van der Waals surface area contributed by atoms with Crippen molar-refractivity contribution in [1.82, 2.24) is 0 Å². The van der Waals surface area contributed by atoms with Gasteiger partial charge in [-0.2, -0.15) is 0 Å². The molecular weight excluding hydrogens is 260 g/mol. The molecule has 0 aliphatic heterocycles. The van der Waals surface area contributed by atoms with Crippen LogP contribution in [0.3, 0.4) is 0 Å². The number of benzene rings is 3. The second-order valence-corrected chi connectivity index (χ2v) is 5.28. The van der Waals surface area contributed by atoms with Crippen LogP contribution in [0.2, 0.25) is 0 Å². The summed E-state index contributed by atoms with van der Waals surface area (Å²) in [5.41, 5.74) is 15.7. The number of anilines is 1. The quantitative estimate of drug-likeness (QED) is 0.624. The van der Waals surface area contributed by atoms with E-state index in [2.05, 4.69) is 0 Å². The van der Waals surface area contributed by atoms with Gasteiger partial charge in [0.05, 0.1) is 0 Å². The summed E-state index contributed by atoms with van der Waals surface area (Å²) < 4.78 is 0. The summed E-state index contributed by atoms with van der Waals surface area (Å²) in [5.74, 6) is 0.253. The van der Waals surface area contributed by atoms with E-state index >= 15 is 0 Å². The van der Waals surface area contributed by atoms with E-state index in [1.807, 2.05) is 55.5 Å². The fourth-order valence-corrected chi connectivity index (χ4v) is 2.72. The Kier molecular flexibility index (Phi) is 3.28. The lowest BCUT2D eigenvalue weighted by atomic mass is 9.91. The van der Waals surface area contributed by atoms with E-state index in [0.717, 1.165) is 27.5 Å². The largest absolute Gasteiger partial charge is 0.507 e. The van der Waals surface area contributed by atoms with Crippen LogP contribution in [0, 0.1) is 0 Å². The molecule has 0 saturated heterocycles. The van der Waals surface area contributed by atoms with Crippen LogP contribution in [0.4, 0.5) is 5.69 Å². The van der Waals surface area contributed by atoms with Crippen molar-refractivity contribution in [2.75, 3.05) is 5.73 Å². The number of phenolic OH excluding ortho intramolecular Hbond substituents is 1. The number of hydrogen-bond acceptors (Lipinski definition) is 3. The maximum atomic E-state index is 10.2. The monoisotopic (exact) mass is 278 g/mol. The van der Waals surface area contributed by atoms with Gasteiger partial charge in [-0.25, -0.2) is 0 Å². The first-order valence-electron chi connectivity index (χ1n) is 6.94. The first kappa shape index (κ1) is 13.5. The van der Waals surface area contributed by atoms with Crippen molar-refractivity contribution in [3.63, 3.8) is 0 Å². The number of phenols is 1. The molecule has 3 nitrogen and oxygen atoms in total. The van der Waals surface area contributed by atoms with Crippen molar-refractivity contribution in [2.45, 2.75) is 13.0 Å². The first-order chi connectivity index (χ1) is 10.1. The fraction of sp³-hybridized carbons (Fsp3) is 0.111. The molecule has 21 heavy (non-hydrogen) atoms. The number of aromatic hydroxyl groups is 1. The third kappa shape index (κ3) is 2.22. The molecular formula is C18H18N2O. The third-order valence-corrected chi connectivity index (χ3v) is 3.80. The zero-order valence-electron chi connectivity index (χ0n) is 11.9. The molecule has 0 aliphatic rings. The highest BCUT2D eigenvalue weighted by Crippen LogP contribution is 2.39. The van der Waals surface area contributed by atoms with E-state index in [1.54, 1.807) is 6.07 Å². The summed E-state index contributed by atoms with van der Waals surface area (Å²) >= 11 is 0. The summed E-state index contributed by atoms with van der Waals surface area (Å²) in [6.07, 6.45) is 0. The van der Waals surface area contributed by atoms with E-state index in [1.165, 1.54) is 0 Å². The molecule has 0 amide bonds. The summed E-state index contributed by atoms with van der Waals surface area (Å²) in [4.78, 5) is 0. The van der Waals surface area contributed by atoms with Gasteiger partial charge in [-0.05, 0) is 35.6 Å². The van der Waals surface area contributed by atoms with Crippen LogP contribution >= 0.6 is 0 Å². The van der Waals surface area contributed by atoms with Gasteiger partial charge in [0.15, 0.2) is 0 Å². The zero-order valence-corrected chi connectivity index (χ0v) is 11.9. The van der Waals surface area contributed by atoms with Crippen molar-refractivity contribution in [2.24, 2.45) is 5.73 Å². The highest BCUT2D eigenvalue weighted by atomic mass is 16.3. The molecule has 1 atom stereocenters. The summed E-state index contributed by atoms with van der Waals surface area (Å²) in [6.45, 7) is 1.91. The number of nitrogens with two attached hydrogens (primary N) is 2. The van der Waals surface area contributed by atoms with E-state index in [-0.39, 0.29) is 11.8 Å². The molecule has 0 spiro atoms. The van der Waals surface area contributed by atoms with Gasteiger partial charge in [0.2, 0.25) is 0 Å². The lowest BCUT2D eigenvalue weighted by molar-refractivity contribution is 0.477. The van der Waals surface area contributed by atoms with Crippen LogP contribution in [-0.2, 0) is 0 Å². The highest BCUT2D eigenvalue weighted by Gasteiger charge is 2.15. The number of nitrogen functional groups attached to an aromatic ring is 1. The molecule has 106 valence electrons. The Morgan fingerprint density at radius 3 is 2.19 bits per heavy atom. The van der Waals surface area contributed by atoms with Gasteiger partial charge in [0.25, 0.3) is 0 Å². The van der Waals surface area contributed by atoms with Crippen LogP contribution in [-0.4, -0.2) is 5.11 Å². The molecule has 5 N–H and O–H groups in total. The maximum absolute atomic E-state index is 10.2. The second kappa shape index (κ2) is 5.11. The van der Waals surface area contributed by atoms with Crippen LogP contribution < -0.4 is 11.5 Å². The minimum atomic E-state index is -0.167. The van der Waals surface area contributed by atoms with Crippen molar-refractivity contribution >= 4 is 16.5 Å². The van der Waals surface area contributed by atoms with E-state index in [4.69, 9.17) is 11.5 Å². The highest BCUT2D eigenvalue weighted by molar-refractivity contribution is 6.05. The zero-order chi connectivity index (χ0) is 15.0. The average molecular weight is 278 g/mol. The molecule has 3 aromatic carbocycles. The van der Waals surface area contributed by atoms with Crippen molar-refractivity contribution in [3.8, 4) is 16.9 Å².